The molecule has 1 aromatic heterocycles. The van der Waals surface area contributed by atoms with Crippen molar-refractivity contribution in [2.24, 2.45) is 0 Å². The Balaban J connectivity index is 1.76. The standard InChI is InChI=1S/C13H13IN4O/c14-13-12(9-4-2-1-3-5-9)16-17-18(13)8-11(19)15-10-6-7-10/h1-5,10H,6-8H2,(H,15,19). The van der Waals surface area contributed by atoms with Crippen molar-refractivity contribution in [3.63, 3.8) is 0 Å². The summed E-state index contributed by atoms with van der Waals surface area (Å²) in [5, 5.41) is 11.2. The smallest absolute Gasteiger partial charge is 0.242 e. The first-order valence-corrected chi connectivity index (χ1v) is 7.25. The van der Waals surface area contributed by atoms with E-state index in [-0.39, 0.29) is 12.5 Å². The van der Waals surface area contributed by atoms with Gasteiger partial charge < -0.3 is 5.32 Å². The molecule has 1 saturated carbocycles. The molecule has 0 bridgehead atoms. The molecule has 1 heterocycles. The number of amides is 1. The third kappa shape index (κ3) is 2.94. The summed E-state index contributed by atoms with van der Waals surface area (Å²) in [5.41, 5.74) is 1.83. The summed E-state index contributed by atoms with van der Waals surface area (Å²) in [5.74, 6) is 0.00456. The molecule has 98 valence electrons. The van der Waals surface area contributed by atoms with Gasteiger partial charge in [-0.25, -0.2) is 4.68 Å². The van der Waals surface area contributed by atoms with Crippen molar-refractivity contribution >= 4 is 28.5 Å². The van der Waals surface area contributed by atoms with Crippen LogP contribution in [0.5, 0.6) is 0 Å². The number of carbonyl (C=O) groups excluding carboxylic acids is 1. The molecule has 0 saturated heterocycles. The lowest BCUT2D eigenvalue weighted by Gasteiger charge is -2.04. The zero-order valence-electron chi connectivity index (χ0n) is 10.2. The number of carbonyl (C=O) groups is 1. The van der Waals surface area contributed by atoms with Gasteiger partial charge in [-0.15, -0.1) is 5.10 Å². The molecule has 1 aromatic carbocycles. The molecule has 1 N–H and O–H groups in total. The van der Waals surface area contributed by atoms with Crippen LogP contribution >= 0.6 is 22.6 Å². The molecule has 0 unspecified atom stereocenters. The van der Waals surface area contributed by atoms with Gasteiger partial charge in [-0.2, -0.15) is 0 Å². The Morgan fingerprint density at radius 2 is 2.11 bits per heavy atom. The van der Waals surface area contributed by atoms with Gasteiger partial charge in [0.2, 0.25) is 5.91 Å². The number of nitrogens with one attached hydrogen (secondary N) is 1. The summed E-state index contributed by atoms with van der Waals surface area (Å²) in [6.07, 6.45) is 2.19. The Labute approximate surface area is 124 Å². The normalized spacial score (nSPS) is 14.4. The van der Waals surface area contributed by atoms with Crippen LogP contribution in [-0.2, 0) is 11.3 Å². The fourth-order valence-corrected chi connectivity index (χ4v) is 2.50. The highest BCUT2D eigenvalue weighted by Crippen LogP contribution is 2.22. The molecule has 0 aliphatic heterocycles. The van der Waals surface area contributed by atoms with Crippen LogP contribution in [0, 0.1) is 3.70 Å². The molecule has 0 spiro atoms. The van der Waals surface area contributed by atoms with Crippen LogP contribution in [0.3, 0.4) is 0 Å². The predicted molar refractivity (Wildman–Crippen MR) is 79.3 cm³/mol. The van der Waals surface area contributed by atoms with Gasteiger partial charge in [-0.3, -0.25) is 4.79 Å². The Morgan fingerprint density at radius 1 is 1.37 bits per heavy atom. The third-order valence-corrected chi connectivity index (χ3v) is 4.03. The molecule has 3 rings (SSSR count). The lowest BCUT2D eigenvalue weighted by Crippen LogP contribution is -2.30. The van der Waals surface area contributed by atoms with Crippen LogP contribution < -0.4 is 5.32 Å². The number of rotatable bonds is 4. The van der Waals surface area contributed by atoms with Crippen molar-refractivity contribution in [3.05, 3.63) is 34.0 Å². The summed E-state index contributed by atoms with van der Waals surface area (Å²) in [7, 11) is 0. The topological polar surface area (TPSA) is 59.8 Å². The van der Waals surface area contributed by atoms with E-state index in [0.717, 1.165) is 27.8 Å². The van der Waals surface area contributed by atoms with E-state index in [1.165, 1.54) is 0 Å². The van der Waals surface area contributed by atoms with Gasteiger partial charge in [-0.05, 0) is 35.4 Å². The average molecular weight is 368 g/mol. The summed E-state index contributed by atoms with van der Waals surface area (Å²) in [6, 6.07) is 10.2. The molecule has 19 heavy (non-hydrogen) atoms. The lowest BCUT2D eigenvalue weighted by molar-refractivity contribution is -0.122. The van der Waals surface area contributed by atoms with Crippen molar-refractivity contribution < 1.29 is 4.79 Å². The zero-order chi connectivity index (χ0) is 13.2. The molecule has 1 amide bonds. The first-order valence-electron chi connectivity index (χ1n) is 6.18. The second-order valence-electron chi connectivity index (χ2n) is 4.59. The predicted octanol–water partition coefficient (Wildman–Crippen LogP) is 1.83. The fraction of sp³-hybridized carbons (Fsp3) is 0.308. The highest BCUT2D eigenvalue weighted by molar-refractivity contribution is 14.1. The molecular formula is C13H13IN4O. The van der Waals surface area contributed by atoms with Crippen LogP contribution in [0.1, 0.15) is 12.8 Å². The molecule has 5 nitrogen and oxygen atoms in total. The number of hydrogen-bond donors (Lipinski definition) is 1. The number of benzene rings is 1. The van der Waals surface area contributed by atoms with E-state index in [1.807, 2.05) is 30.3 Å². The molecule has 1 fully saturated rings. The molecule has 1 aliphatic rings. The average Bonchev–Trinajstić information content (AvgIpc) is 3.15. The third-order valence-electron chi connectivity index (χ3n) is 2.96. The summed E-state index contributed by atoms with van der Waals surface area (Å²) < 4.78 is 2.52. The monoisotopic (exact) mass is 368 g/mol. The minimum atomic E-state index is 0.00456. The SMILES string of the molecule is O=C(Cn1nnc(-c2ccccc2)c1I)NC1CC1. The number of aromatic nitrogens is 3. The summed E-state index contributed by atoms with van der Waals surface area (Å²) in [6.45, 7) is 0.231. The quantitative estimate of drug-likeness (QED) is 0.838. The summed E-state index contributed by atoms with van der Waals surface area (Å²) in [4.78, 5) is 11.8. The van der Waals surface area contributed by atoms with Crippen molar-refractivity contribution in [3.8, 4) is 11.3 Å². The summed E-state index contributed by atoms with van der Waals surface area (Å²) >= 11 is 2.18. The Kier molecular flexibility index (Phi) is 3.50. The number of halogens is 1. The van der Waals surface area contributed by atoms with Crippen LogP contribution in [0.4, 0.5) is 0 Å². The van der Waals surface area contributed by atoms with Gasteiger partial charge in [0.05, 0.1) is 0 Å². The van der Waals surface area contributed by atoms with E-state index in [1.54, 1.807) is 4.68 Å². The van der Waals surface area contributed by atoms with Gasteiger partial charge in [0.15, 0.2) is 0 Å². The highest BCUT2D eigenvalue weighted by Gasteiger charge is 2.24. The van der Waals surface area contributed by atoms with Crippen molar-refractivity contribution in [2.75, 3.05) is 0 Å². The van der Waals surface area contributed by atoms with Crippen LogP contribution in [0.15, 0.2) is 30.3 Å². The molecule has 0 atom stereocenters. The molecule has 0 radical (unpaired) electrons. The van der Waals surface area contributed by atoms with Gasteiger partial charge in [0.1, 0.15) is 15.9 Å². The maximum atomic E-state index is 11.8. The molecule has 6 heteroatoms. The molecule has 2 aromatic rings. The van der Waals surface area contributed by atoms with Gasteiger partial charge in [0.25, 0.3) is 0 Å². The van der Waals surface area contributed by atoms with Gasteiger partial charge in [-0.1, -0.05) is 35.5 Å². The fourth-order valence-electron chi connectivity index (χ4n) is 1.81. The van der Waals surface area contributed by atoms with Crippen molar-refractivity contribution in [1.29, 1.82) is 0 Å². The molecule has 1 aliphatic carbocycles. The highest BCUT2D eigenvalue weighted by atomic mass is 127. The lowest BCUT2D eigenvalue weighted by atomic mass is 10.2. The second-order valence-corrected chi connectivity index (χ2v) is 5.62. The largest absolute Gasteiger partial charge is 0.352 e. The zero-order valence-corrected chi connectivity index (χ0v) is 12.4. The van der Waals surface area contributed by atoms with Crippen molar-refractivity contribution in [1.82, 2.24) is 20.3 Å². The van der Waals surface area contributed by atoms with Crippen molar-refractivity contribution in [2.45, 2.75) is 25.4 Å². The van der Waals surface area contributed by atoms with Gasteiger partial charge >= 0.3 is 0 Å². The van der Waals surface area contributed by atoms with E-state index in [9.17, 15) is 4.79 Å². The van der Waals surface area contributed by atoms with Crippen LogP contribution in [0.25, 0.3) is 11.3 Å². The Bertz CT molecular complexity index is 592. The maximum absolute atomic E-state index is 11.8. The van der Waals surface area contributed by atoms with Crippen LogP contribution in [-0.4, -0.2) is 26.9 Å². The Morgan fingerprint density at radius 3 is 2.79 bits per heavy atom. The first-order chi connectivity index (χ1) is 9.24. The van der Waals surface area contributed by atoms with E-state index in [2.05, 4.69) is 38.2 Å². The van der Waals surface area contributed by atoms with E-state index < -0.39 is 0 Å². The first kappa shape index (κ1) is 12.6. The Hall–Kier alpha value is -1.44. The second kappa shape index (κ2) is 5.28. The minimum Gasteiger partial charge on any atom is -0.352 e. The minimum absolute atomic E-state index is 0.00456. The van der Waals surface area contributed by atoms with Crippen LogP contribution in [0.2, 0.25) is 0 Å². The van der Waals surface area contributed by atoms with E-state index in [4.69, 9.17) is 0 Å². The number of nitrogens with zero attached hydrogens (tertiary/aromatic N) is 3. The van der Waals surface area contributed by atoms with E-state index in [0.29, 0.717) is 6.04 Å². The molecular weight excluding hydrogens is 355 g/mol. The maximum Gasteiger partial charge on any atom is 0.242 e. The number of hydrogen-bond acceptors (Lipinski definition) is 3. The van der Waals surface area contributed by atoms with Gasteiger partial charge in [0, 0.05) is 11.6 Å². The van der Waals surface area contributed by atoms with E-state index >= 15 is 0 Å².